The van der Waals surface area contributed by atoms with Crippen LogP contribution in [0.15, 0.2) is 0 Å². The van der Waals surface area contributed by atoms with E-state index < -0.39 is 17.3 Å². The fourth-order valence-electron chi connectivity index (χ4n) is 3.95. The molecule has 0 aromatic carbocycles. The average Bonchev–Trinajstić information content (AvgIpc) is 3.00. The van der Waals surface area contributed by atoms with Crippen LogP contribution in [0.3, 0.4) is 0 Å². The zero-order valence-electron chi connectivity index (χ0n) is 12.8. The van der Waals surface area contributed by atoms with Crippen LogP contribution in [-0.2, 0) is 9.59 Å². The van der Waals surface area contributed by atoms with Crippen LogP contribution in [-0.4, -0.2) is 23.0 Å². The van der Waals surface area contributed by atoms with Crippen LogP contribution in [0.5, 0.6) is 0 Å². The van der Waals surface area contributed by atoms with Gasteiger partial charge in [-0.15, -0.1) is 0 Å². The molecule has 0 heterocycles. The van der Waals surface area contributed by atoms with Crippen LogP contribution in [0.4, 0.5) is 0 Å². The van der Waals surface area contributed by atoms with Gasteiger partial charge < -0.3 is 10.4 Å². The summed E-state index contributed by atoms with van der Waals surface area (Å²) in [5, 5.41) is 12.3. The molecule has 0 radical (unpaired) electrons. The Bertz CT molecular complexity index is 385. The van der Waals surface area contributed by atoms with Gasteiger partial charge in [0, 0.05) is 6.04 Å². The molecule has 114 valence electrons. The normalized spacial score (nSPS) is 30.6. The van der Waals surface area contributed by atoms with Gasteiger partial charge in [-0.1, -0.05) is 40.0 Å². The number of amides is 1. The number of hydrogen-bond acceptors (Lipinski definition) is 2. The maximum absolute atomic E-state index is 12.4. The Kier molecular flexibility index (Phi) is 4.40. The van der Waals surface area contributed by atoms with Crippen LogP contribution < -0.4 is 5.32 Å². The Morgan fingerprint density at radius 1 is 1.20 bits per heavy atom. The minimum absolute atomic E-state index is 0.0557. The molecule has 3 atom stereocenters. The van der Waals surface area contributed by atoms with Crippen molar-refractivity contribution in [3.63, 3.8) is 0 Å². The number of carbonyl (C=O) groups is 2. The molecule has 0 aromatic rings. The third-order valence-electron chi connectivity index (χ3n) is 5.36. The van der Waals surface area contributed by atoms with Gasteiger partial charge in [-0.05, 0) is 30.6 Å². The summed E-state index contributed by atoms with van der Waals surface area (Å²) in [5.74, 6) is -1.22. The predicted octanol–water partition coefficient (Wildman–Crippen LogP) is 2.82. The summed E-state index contributed by atoms with van der Waals surface area (Å²) in [7, 11) is 0. The van der Waals surface area contributed by atoms with Crippen molar-refractivity contribution in [3.05, 3.63) is 0 Å². The Labute approximate surface area is 121 Å². The van der Waals surface area contributed by atoms with Crippen molar-refractivity contribution < 1.29 is 14.7 Å². The summed E-state index contributed by atoms with van der Waals surface area (Å²) in [4.78, 5) is 23.5. The lowest BCUT2D eigenvalue weighted by atomic mass is 9.83. The maximum Gasteiger partial charge on any atom is 0.307 e. The second-order valence-electron chi connectivity index (χ2n) is 7.04. The monoisotopic (exact) mass is 281 g/mol. The second kappa shape index (κ2) is 5.74. The van der Waals surface area contributed by atoms with Gasteiger partial charge in [0.25, 0.3) is 0 Å². The topological polar surface area (TPSA) is 66.4 Å². The number of hydrogen-bond donors (Lipinski definition) is 2. The van der Waals surface area contributed by atoms with Crippen molar-refractivity contribution in [3.8, 4) is 0 Å². The van der Waals surface area contributed by atoms with Gasteiger partial charge in [-0.3, -0.25) is 9.59 Å². The minimum Gasteiger partial charge on any atom is -0.481 e. The van der Waals surface area contributed by atoms with E-state index in [-0.39, 0.29) is 17.9 Å². The van der Waals surface area contributed by atoms with Crippen molar-refractivity contribution in [1.29, 1.82) is 0 Å². The highest BCUT2D eigenvalue weighted by atomic mass is 16.4. The molecule has 0 aliphatic heterocycles. The van der Waals surface area contributed by atoms with E-state index in [1.807, 2.05) is 13.8 Å². The molecule has 2 rings (SSSR count). The highest BCUT2D eigenvalue weighted by Gasteiger charge is 2.66. The van der Waals surface area contributed by atoms with E-state index in [1.165, 1.54) is 32.1 Å². The molecule has 4 nitrogen and oxygen atoms in total. The Morgan fingerprint density at radius 2 is 1.80 bits per heavy atom. The summed E-state index contributed by atoms with van der Waals surface area (Å²) in [6, 6.07) is 0.216. The van der Waals surface area contributed by atoms with Gasteiger partial charge in [0.1, 0.15) is 0 Å². The van der Waals surface area contributed by atoms with E-state index in [0.717, 1.165) is 6.42 Å². The molecule has 0 saturated heterocycles. The summed E-state index contributed by atoms with van der Waals surface area (Å²) >= 11 is 0. The fourth-order valence-corrected chi connectivity index (χ4v) is 3.95. The largest absolute Gasteiger partial charge is 0.481 e. The molecule has 2 aliphatic rings. The first kappa shape index (κ1) is 15.3. The Balaban J connectivity index is 1.94. The van der Waals surface area contributed by atoms with Crippen molar-refractivity contribution >= 4 is 11.9 Å². The van der Waals surface area contributed by atoms with Gasteiger partial charge in [0.05, 0.1) is 11.8 Å². The van der Waals surface area contributed by atoms with Crippen molar-refractivity contribution in [2.75, 3.05) is 0 Å². The number of carboxylic acids is 1. The molecule has 2 N–H and O–H groups in total. The van der Waals surface area contributed by atoms with E-state index in [0.29, 0.717) is 5.92 Å². The number of nitrogens with one attached hydrogen (secondary N) is 1. The molecule has 0 spiro atoms. The lowest BCUT2D eigenvalue weighted by Gasteiger charge is -2.30. The molecule has 2 saturated carbocycles. The highest BCUT2D eigenvalue weighted by molar-refractivity contribution is 5.91. The van der Waals surface area contributed by atoms with Crippen molar-refractivity contribution in [1.82, 2.24) is 5.32 Å². The quantitative estimate of drug-likeness (QED) is 0.814. The number of carboxylic acid groups (broad SMARTS) is 1. The Hall–Kier alpha value is -1.06. The molecule has 2 aliphatic carbocycles. The first-order valence-electron chi connectivity index (χ1n) is 7.92. The van der Waals surface area contributed by atoms with E-state index in [9.17, 15) is 9.59 Å². The van der Waals surface area contributed by atoms with E-state index in [1.54, 1.807) is 0 Å². The van der Waals surface area contributed by atoms with Crippen molar-refractivity contribution in [2.45, 2.75) is 65.3 Å². The SMILES string of the molecule is CCC(NC(=O)[C@H]1[C@@H](C(=O)O)C1(C)C)C1CCCCC1. The van der Waals surface area contributed by atoms with Gasteiger partial charge in [0.2, 0.25) is 5.91 Å². The predicted molar refractivity (Wildman–Crippen MR) is 77.2 cm³/mol. The third kappa shape index (κ3) is 2.84. The smallest absolute Gasteiger partial charge is 0.307 e. The Morgan fingerprint density at radius 3 is 2.25 bits per heavy atom. The van der Waals surface area contributed by atoms with Gasteiger partial charge in [0.15, 0.2) is 0 Å². The summed E-state index contributed by atoms with van der Waals surface area (Å²) in [6.07, 6.45) is 7.12. The van der Waals surface area contributed by atoms with Gasteiger partial charge >= 0.3 is 5.97 Å². The molecule has 0 bridgehead atoms. The maximum atomic E-state index is 12.4. The second-order valence-corrected chi connectivity index (χ2v) is 7.04. The summed E-state index contributed by atoms with van der Waals surface area (Å²) in [5.41, 5.74) is -0.402. The zero-order valence-corrected chi connectivity index (χ0v) is 12.8. The fraction of sp³-hybridized carbons (Fsp3) is 0.875. The van der Waals surface area contributed by atoms with Crippen LogP contribution in [0, 0.1) is 23.2 Å². The molecule has 20 heavy (non-hydrogen) atoms. The molecule has 1 amide bonds. The minimum atomic E-state index is -0.846. The third-order valence-corrected chi connectivity index (χ3v) is 5.36. The number of aliphatic carboxylic acids is 1. The number of rotatable bonds is 5. The lowest BCUT2D eigenvalue weighted by Crippen LogP contribution is -2.42. The van der Waals surface area contributed by atoms with E-state index in [2.05, 4.69) is 12.2 Å². The van der Waals surface area contributed by atoms with Crippen LogP contribution >= 0.6 is 0 Å². The molecule has 0 aromatic heterocycles. The summed E-state index contributed by atoms with van der Waals surface area (Å²) < 4.78 is 0. The number of carbonyl (C=O) groups excluding carboxylic acids is 1. The molecular weight excluding hydrogens is 254 g/mol. The van der Waals surface area contributed by atoms with Crippen LogP contribution in [0.2, 0.25) is 0 Å². The molecule has 4 heteroatoms. The van der Waals surface area contributed by atoms with Crippen molar-refractivity contribution in [2.24, 2.45) is 23.2 Å². The highest BCUT2D eigenvalue weighted by Crippen LogP contribution is 2.58. The lowest BCUT2D eigenvalue weighted by molar-refractivity contribution is -0.140. The van der Waals surface area contributed by atoms with E-state index >= 15 is 0 Å². The standard InChI is InChI=1S/C16H27NO3/c1-4-11(10-8-6-5-7-9-10)17-14(18)12-13(15(19)20)16(12,2)3/h10-13H,4-9H2,1-3H3,(H,17,18)(H,19,20)/t11?,12-,13+/m1/s1. The summed E-state index contributed by atoms with van der Waals surface area (Å²) in [6.45, 7) is 5.85. The van der Waals surface area contributed by atoms with E-state index in [4.69, 9.17) is 5.11 Å². The first-order valence-corrected chi connectivity index (χ1v) is 7.92. The zero-order chi connectivity index (χ0) is 14.9. The first-order chi connectivity index (χ1) is 9.39. The van der Waals surface area contributed by atoms with Gasteiger partial charge in [-0.2, -0.15) is 0 Å². The van der Waals surface area contributed by atoms with Gasteiger partial charge in [-0.25, -0.2) is 0 Å². The molecule has 1 unspecified atom stereocenters. The average molecular weight is 281 g/mol. The molecule has 2 fully saturated rings. The van der Waals surface area contributed by atoms with Crippen LogP contribution in [0.1, 0.15) is 59.3 Å². The molecular formula is C16H27NO3. The van der Waals surface area contributed by atoms with Crippen LogP contribution in [0.25, 0.3) is 0 Å².